The third kappa shape index (κ3) is 2.25. The largest absolute Gasteiger partial charge is 0.428 e. The lowest BCUT2D eigenvalue weighted by atomic mass is 10.1. The molecule has 2 nitrogen and oxygen atoms in total. The van der Waals surface area contributed by atoms with Gasteiger partial charge in [-0.15, -0.1) is 0 Å². The highest BCUT2D eigenvalue weighted by atomic mass is 19.4. The molecule has 0 heterocycles. The van der Waals surface area contributed by atoms with Crippen molar-refractivity contribution in [2.45, 2.75) is 13.1 Å². The van der Waals surface area contributed by atoms with Crippen LogP contribution in [-0.4, -0.2) is 6.47 Å². The third-order valence-corrected chi connectivity index (χ3v) is 1.69. The van der Waals surface area contributed by atoms with Gasteiger partial charge >= 0.3 is 6.18 Å². The maximum absolute atomic E-state index is 12.2. The standard InChI is InChI=1S/C9H7F3O2/c1-6-2-3-7(9(10,11)12)4-8(6)14-5-13/h2-5H,1H3. The maximum atomic E-state index is 12.2. The second-order valence-electron chi connectivity index (χ2n) is 2.69. The molecule has 0 amide bonds. The summed E-state index contributed by atoms with van der Waals surface area (Å²) in [5.74, 6) is -0.0742. The van der Waals surface area contributed by atoms with Crippen molar-refractivity contribution in [3.05, 3.63) is 29.3 Å². The second-order valence-corrected chi connectivity index (χ2v) is 2.69. The number of alkyl halides is 3. The minimum absolute atomic E-state index is 0.0742. The van der Waals surface area contributed by atoms with Gasteiger partial charge in [-0.1, -0.05) is 6.07 Å². The molecule has 0 unspecified atom stereocenters. The lowest BCUT2D eigenvalue weighted by Crippen LogP contribution is -2.05. The highest BCUT2D eigenvalue weighted by Crippen LogP contribution is 2.32. The Morgan fingerprint density at radius 2 is 2.00 bits per heavy atom. The predicted molar refractivity (Wildman–Crippen MR) is 42.9 cm³/mol. The molecule has 0 bridgehead atoms. The lowest BCUT2D eigenvalue weighted by Gasteiger charge is -2.09. The Balaban J connectivity index is 3.12. The van der Waals surface area contributed by atoms with E-state index >= 15 is 0 Å². The molecule has 5 heteroatoms. The summed E-state index contributed by atoms with van der Waals surface area (Å²) >= 11 is 0. The Labute approximate surface area is 78.3 Å². The third-order valence-electron chi connectivity index (χ3n) is 1.69. The van der Waals surface area contributed by atoms with Crippen molar-refractivity contribution in [1.82, 2.24) is 0 Å². The summed E-state index contributed by atoms with van der Waals surface area (Å²) in [6.45, 7) is 1.65. The number of rotatable bonds is 2. The van der Waals surface area contributed by atoms with Crippen LogP contribution in [0.1, 0.15) is 11.1 Å². The molecule has 0 saturated carbocycles. The van der Waals surface area contributed by atoms with Gasteiger partial charge in [-0.05, 0) is 24.6 Å². The van der Waals surface area contributed by atoms with E-state index in [1.807, 2.05) is 0 Å². The number of benzene rings is 1. The van der Waals surface area contributed by atoms with Crippen molar-refractivity contribution >= 4 is 6.47 Å². The molecule has 0 aliphatic rings. The van der Waals surface area contributed by atoms with E-state index in [1.54, 1.807) is 6.92 Å². The molecule has 0 aromatic heterocycles. The molecule has 0 fully saturated rings. The van der Waals surface area contributed by atoms with Crippen LogP contribution in [-0.2, 0) is 11.0 Å². The van der Waals surface area contributed by atoms with Crippen LogP contribution in [0.5, 0.6) is 5.75 Å². The summed E-state index contributed by atoms with van der Waals surface area (Å²) in [5.41, 5.74) is -0.356. The van der Waals surface area contributed by atoms with Gasteiger partial charge in [0.2, 0.25) is 0 Å². The fourth-order valence-corrected chi connectivity index (χ4v) is 0.955. The van der Waals surface area contributed by atoms with E-state index in [2.05, 4.69) is 4.74 Å². The SMILES string of the molecule is Cc1ccc(C(F)(F)F)cc1OC=O. The molecule has 0 N–H and O–H groups in total. The van der Waals surface area contributed by atoms with Crippen LogP contribution in [0.15, 0.2) is 18.2 Å². The van der Waals surface area contributed by atoms with Crippen molar-refractivity contribution < 1.29 is 22.7 Å². The van der Waals surface area contributed by atoms with Crippen LogP contribution < -0.4 is 4.74 Å². The quantitative estimate of drug-likeness (QED) is 0.692. The van der Waals surface area contributed by atoms with Gasteiger partial charge < -0.3 is 4.74 Å². The zero-order valence-electron chi connectivity index (χ0n) is 7.26. The van der Waals surface area contributed by atoms with E-state index in [1.165, 1.54) is 6.07 Å². The normalized spacial score (nSPS) is 11.1. The number of ether oxygens (including phenoxy) is 1. The predicted octanol–water partition coefficient (Wildman–Crippen LogP) is 2.55. The molecule has 1 aromatic carbocycles. The zero-order valence-corrected chi connectivity index (χ0v) is 7.26. The molecule has 76 valence electrons. The van der Waals surface area contributed by atoms with Gasteiger partial charge in [0.25, 0.3) is 6.47 Å². The molecule has 1 aromatic rings. The zero-order chi connectivity index (χ0) is 10.8. The Bertz CT molecular complexity index is 344. The Morgan fingerprint density at radius 3 is 2.50 bits per heavy atom. The van der Waals surface area contributed by atoms with Gasteiger partial charge in [-0.2, -0.15) is 13.2 Å². The highest BCUT2D eigenvalue weighted by Gasteiger charge is 2.30. The number of halogens is 3. The first-order chi connectivity index (χ1) is 6.45. The van der Waals surface area contributed by atoms with Gasteiger partial charge in [0.15, 0.2) is 0 Å². The molecule has 1 rings (SSSR count). The smallest absolute Gasteiger partial charge is 0.416 e. The fourth-order valence-electron chi connectivity index (χ4n) is 0.955. The average molecular weight is 204 g/mol. The number of carbonyl (C=O) groups excluding carboxylic acids is 1. The number of hydrogen-bond donors (Lipinski definition) is 0. The van der Waals surface area contributed by atoms with Crippen molar-refractivity contribution in [2.75, 3.05) is 0 Å². The van der Waals surface area contributed by atoms with Crippen molar-refractivity contribution in [2.24, 2.45) is 0 Å². The molecule has 0 atom stereocenters. The van der Waals surface area contributed by atoms with Crippen LogP contribution in [0.4, 0.5) is 13.2 Å². The van der Waals surface area contributed by atoms with E-state index in [0.717, 1.165) is 12.1 Å². The summed E-state index contributed by atoms with van der Waals surface area (Å²) in [6, 6.07) is 2.98. The van der Waals surface area contributed by atoms with Crippen LogP contribution >= 0.6 is 0 Å². The molecule has 0 aliphatic carbocycles. The van der Waals surface area contributed by atoms with Crippen molar-refractivity contribution in [1.29, 1.82) is 0 Å². The lowest BCUT2D eigenvalue weighted by molar-refractivity contribution is -0.138. The number of hydrogen-bond acceptors (Lipinski definition) is 2. The van der Waals surface area contributed by atoms with Gasteiger partial charge in [0.05, 0.1) is 5.56 Å². The molecule has 14 heavy (non-hydrogen) atoms. The van der Waals surface area contributed by atoms with Gasteiger partial charge in [0, 0.05) is 0 Å². The van der Waals surface area contributed by atoms with Crippen molar-refractivity contribution in [3.63, 3.8) is 0 Å². The summed E-state index contributed by atoms with van der Waals surface area (Å²) in [6.07, 6.45) is -4.42. The van der Waals surface area contributed by atoms with Crippen LogP contribution in [0, 0.1) is 6.92 Å². The van der Waals surface area contributed by atoms with E-state index < -0.39 is 11.7 Å². The fraction of sp³-hybridized carbons (Fsp3) is 0.222. The van der Waals surface area contributed by atoms with Gasteiger partial charge in [-0.3, -0.25) is 4.79 Å². The van der Waals surface area contributed by atoms with E-state index in [4.69, 9.17) is 0 Å². The van der Waals surface area contributed by atoms with E-state index in [-0.39, 0.29) is 12.2 Å². The summed E-state index contributed by atoms with van der Waals surface area (Å²) < 4.78 is 41.0. The number of aryl methyl sites for hydroxylation is 1. The van der Waals surface area contributed by atoms with Crippen LogP contribution in [0.25, 0.3) is 0 Å². The Morgan fingerprint density at radius 1 is 1.36 bits per heavy atom. The highest BCUT2D eigenvalue weighted by molar-refractivity contribution is 5.49. The van der Waals surface area contributed by atoms with E-state index in [0.29, 0.717) is 5.56 Å². The first kappa shape index (κ1) is 10.6. The van der Waals surface area contributed by atoms with Crippen LogP contribution in [0.2, 0.25) is 0 Å². The minimum Gasteiger partial charge on any atom is -0.428 e. The second kappa shape index (κ2) is 3.69. The monoisotopic (exact) mass is 204 g/mol. The summed E-state index contributed by atoms with van der Waals surface area (Å²) in [7, 11) is 0. The average Bonchev–Trinajstić information content (AvgIpc) is 2.07. The van der Waals surface area contributed by atoms with Crippen molar-refractivity contribution in [3.8, 4) is 5.75 Å². The van der Waals surface area contributed by atoms with E-state index in [9.17, 15) is 18.0 Å². The summed E-state index contributed by atoms with van der Waals surface area (Å²) in [4.78, 5) is 9.98. The Hall–Kier alpha value is -1.52. The van der Waals surface area contributed by atoms with Gasteiger partial charge in [-0.25, -0.2) is 0 Å². The first-order valence-electron chi connectivity index (χ1n) is 3.73. The Kier molecular flexibility index (Phi) is 2.78. The molecule has 0 spiro atoms. The molecular weight excluding hydrogens is 197 g/mol. The number of carbonyl (C=O) groups is 1. The first-order valence-corrected chi connectivity index (χ1v) is 3.73. The maximum Gasteiger partial charge on any atom is 0.416 e. The summed E-state index contributed by atoms with van der Waals surface area (Å²) in [5, 5.41) is 0. The van der Waals surface area contributed by atoms with Crippen LogP contribution in [0.3, 0.4) is 0 Å². The molecule has 0 aliphatic heterocycles. The molecule has 0 saturated heterocycles. The molecular formula is C9H7F3O2. The topological polar surface area (TPSA) is 26.3 Å². The van der Waals surface area contributed by atoms with Gasteiger partial charge in [0.1, 0.15) is 5.75 Å². The minimum atomic E-state index is -4.42. The molecule has 0 radical (unpaired) electrons.